The lowest BCUT2D eigenvalue weighted by molar-refractivity contribution is 0.102. The van der Waals surface area contributed by atoms with Gasteiger partial charge in [0.2, 0.25) is 0 Å². The third-order valence-electron chi connectivity index (χ3n) is 3.47. The first-order valence-electron chi connectivity index (χ1n) is 6.99. The van der Waals surface area contributed by atoms with E-state index >= 15 is 0 Å². The molecule has 0 heterocycles. The van der Waals surface area contributed by atoms with Gasteiger partial charge in [-0.25, -0.2) is 0 Å². The van der Waals surface area contributed by atoms with E-state index in [2.05, 4.69) is 26.1 Å². The molecule has 0 aliphatic heterocycles. The number of amides is 1. The molecule has 0 atom stereocenters. The standard InChI is InChI=1S/C18H21NO2/c1-12-11-15(9-10-16(12)20)19-17(21)13-5-7-14(8-6-13)18(2,3)4/h5-11,20H,1-4H3,(H,19,21). The molecule has 2 aromatic rings. The van der Waals surface area contributed by atoms with Gasteiger partial charge in [0.05, 0.1) is 0 Å². The van der Waals surface area contributed by atoms with Crippen LogP contribution in [0.4, 0.5) is 5.69 Å². The van der Waals surface area contributed by atoms with Gasteiger partial charge in [-0.3, -0.25) is 4.79 Å². The molecular formula is C18H21NO2. The van der Waals surface area contributed by atoms with E-state index in [0.717, 1.165) is 5.56 Å². The van der Waals surface area contributed by atoms with Gasteiger partial charge in [-0.1, -0.05) is 32.9 Å². The third-order valence-corrected chi connectivity index (χ3v) is 3.47. The normalized spacial score (nSPS) is 11.2. The van der Waals surface area contributed by atoms with Crippen LogP contribution < -0.4 is 5.32 Å². The predicted molar refractivity (Wildman–Crippen MR) is 85.9 cm³/mol. The molecule has 3 nitrogen and oxygen atoms in total. The van der Waals surface area contributed by atoms with Gasteiger partial charge < -0.3 is 10.4 Å². The lowest BCUT2D eigenvalue weighted by atomic mass is 9.87. The maximum Gasteiger partial charge on any atom is 0.255 e. The lowest BCUT2D eigenvalue weighted by Crippen LogP contribution is -2.14. The first-order valence-corrected chi connectivity index (χ1v) is 6.99. The van der Waals surface area contributed by atoms with E-state index in [9.17, 15) is 9.90 Å². The number of phenolic OH excluding ortho intramolecular Hbond substituents is 1. The van der Waals surface area contributed by atoms with Crippen molar-refractivity contribution in [2.45, 2.75) is 33.1 Å². The fourth-order valence-electron chi connectivity index (χ4n) is 2.06. The minimum absolute atomic E-state index is 0.0725. The van der Waals surface area contributed by atoms with Gasteiger partial charge in [0, 0.05) is 11.3 Å². The zero-order valence-corrected chi connectivity index (χ0v) is 12.9. The van der Waals surface area contributed by atoms with Crippen LogP contribution in [0.5, 0.6) is 5.75 Å². The summed E-state index contributed by atoms with van der Waals surface area (Å²) >= 11 is 0. The number of benzene rings is 2. The first kappa shape index (κ1) is 15.1. The van der Waals surface area contributed by atoms with Crippen molar-refractivity contribution in [2.75, 3.05) is 5.32 Å². The number of aryl methyl sites for hydroxylation is 1. The number of carbonyl (C=O) groups excluding carboxylic acids is 1. The summed E-state index contributed by atoms with van der Waals surface area (Å²) in [6.45, 7) is 8.22. The molecule has 0 unspecified atom stereocenters. The maximum atomic E-state index is 12.2. The summed E-state index contributed by atoms with van der Waals surface area (Å²) in [5.74, 6) is 0.0723. The van der Waals surface area contributed by atoms with Crippen LogP contribution in [0.25, 0.3) is 0 Å². The second-order valence-corrected chi connectivity index (χ2v) is 6.28. The van der Waals surface area contributed by atoms with E-state index in [1.54, 1.807) is 25.1 Å². The maximum absolute atomic E-state index is 12.2. The molecule has 0 saturated heterocycles. The summed E-state index contributed by atoms with van der Waals surface area (Å²) in [7, 11) is 0. The molecule has 0 aliphatic carbocycles. The molecule has 0 aromatic heterocycles. The summed E-state index contributed by atoms with van der Waals surface area (Å²) in [6.07, 6.45) is 0. The Labute approximate surface area is 125 Å². The number of phenols is 1. The quantitative estimate of drug-likeness (QED) is 0.809. The summed E-state index contributed by atoms with van der Waals surface area (Å²) in [5.41, 5.74) is 3.29. The zero-order chi connectivity index (χ0) is 15.6. The smallest absolute Gasteiger partial charge is 0.255 e. The van der Waals surface area contributed by atoms with Crippen molar-refractivity contribution in [3.05, 3.63) is 59.2 Å². The van der Waals surface area contributed by atoms with Crippen molar-refractivity contribution >= 4 is 11.6 Å². The van der Waals surface area contributed by atoms with Crippen LogP contribution in [0.15, 0.2) is 42.5 Å². The Morgan fingerprint density at radius 3 is 2.19 bits per heavy atom. The van der Waals surface area contributed by atoms with Crippen LogP contribution in [-0.2, 0) is 5.41 Å². The van der Waals surface area contributed by atoms with Crippen molar-refractivity contribution in [1.82, 2.24) is 0 Å². The van der Waals surface area contributed by atoms with Gasteiger partial charge in [-0.15, -0.1) is 0 Å². The topological polar surface area (TPSA) is 49.3 Å². The molecule has 2 rings (SSSR count). The number of nitrogens with one attached hydrogen (secondary N) is 1. The number of hydrogen-bond acceptors (Lipinski definition) is 2. The Bertz CT molecular complexity index is 652. The van der Waals surface area contributed by atoms with Crippen molar-refractivity contribution in [3.63, 3.8) is 0 Å². The summed E-state index contributed by atoms with van der Waals surface area (Å²) in [6, 6.07) is 12.6. The summed E-state index contributed by atoms with van der Waals surface area (Å²) < 4.78 is 0. The molecule has 110 valence electrons. The number of hydrogen-bond donors (Lipinski definition) is 2. The highest BCUT2D eigenvalue weighted by atomic mass is 16.3. The average molecular weight is 283 g/mol. The second-order valence-electron chi connectivity index (χ2n) is 6.28. The number of rotatable bonds is 2. The van der Waals surface area contributed by atoms with Gasteiger partial charge in [-0.2, -0.15) is 0 Å². The SMILES string of the molecule is Cc1cc(NC(=O)c2ccc(C(C)(C)C)cc2)ccc1O. The van der Waals surface area contributed by atoms with E-state index in [1.165, 1.54) is 5.56 Å². The van der Waals surface area contributed by atoms with Gasteiger partial charge in [0.15, 0.2) is 0 Å². The van der Waals surface area contributed by atoms with Crippen LogP contribution in [-0.4, -0.2) is 11.0 Å². The Balaban J connectivity index is 2.15. The molecular weight excluding hydrogens is 262 g/mol. The minimum atomic E-state index is -0.152. The Morgan fingerprint density at radius 2 is 1.67 bits per heavy atom. The fourth-order valence-corrected chi connectivity index (χ4v) is 2.06. The Hall–Kier alpha value is -2.29. The van der Waals surface area contributed by atoms with Crippen LogP contribution in [0.2, 0.25) is 0 Å². The molecule has 2 N–H and O–H groups in total. The molecule has 0 bridgehead atoms. The van der Waals surface area contributed by atoms with Crippen LogP contribution in [0, 0.1) is 6.92 Å². The molecule has 0 radical (unpaired) electrons. The van der Waals surface area contributed by atoms with Gasteiger partial charge >= 0.3 is 0 Å². The van der Waals surface area contributed by atoms with Crippen molar-refractivity contribution < 1.29 is 9.90 Å². The molecule has 0 saturated carbocycles. The highest BCUT2D eigenvalue weighted by molar-refractivity contribution is 6.04. The fraction of sp³-hybridized carbons (Fsp3) is 0.278. The van der Waals surface area contributed by atoms with E-state index in [4.69, 9.17) is 0 Å². The van der Waals surface area contributed by atoms with Crippen LogP contribution in [0.1, 0.15) is 42.3 Å². The average Bonchev–Trinajstić information content (AvgIpc) is 2.42. The van der Waals surface area contributed by atoms with Crippen molar-refractivity contribution in [1.29, 1.82) is 0 Å². The monoisotopic (exact) mass is 283 g/mol. The summed E-state index contributed by atoms with van der Waals surface area (Å²) in [5, 5.41) is 12.3. The highest BCUT2D eigenvalue weighted by Crippen LogP contribution is 2.23. The van der Waals surface area contributed by atoms with Gasteiger partial charge in [-0.05, 0) is 53.8 Å². The van der Waals surface area contributed by atoms with E-state index in [-0.39, 0.29) is 17.1 Å². The van der Waals surface area contributed by atoms with Crippen molar-refractivity contribution in [2.24, 2.45) is 0 Å². The van der Waals surface area contributed by atoms with Gasteiger partial charge in [0.1, 0.15) is 5.75 Å². The van der Waals surface area contributed by atoms with E-state index in [0.29, 0.717) is 11.3 Å². The number of aromatic hydroxyl groups is 1. The van der Waals surface area contributed by atoms with Crippen molar-refractivity contribution in [3.8, 4) is 5.75 Å². The molecule has 3 heteroatoms. The highest BCUT2D eigenvalue weighted by Gasteiger charge is 2.14. The molecule has 1 amide bonds. The molecule has 0 spiro atoms. The number of anilines is 1. The van der Waals surface area contributed by atoms with E-state index < -0.39 is 0 Å². The first-order chi connectivity index (χ1) is 9.77. The third kappa shape index (κ3) is 3.63. The zero-order valence-electron chi connectivity index (χ0n) is 12.9. The minimum Gasteiger partial charge on any atom is -0.508 e. The Kier molecular flexibility index (Phi) is 4.03. The van der Waals surface area contributed by atoms with Gasteiger partial charge in [0.25, 0.3) is 5.91 Å². The number of carbonyl (C=O) groups is 1. The second kappa shape index (κ2) is 5.60. The lowest BCUT2D eigenvalue weighted by Gasteiger charge is -2.19. The molecule has 2 aromatic carbocycles. The van der Waals surface area contributed by atoms with E-state index in [1.807, 2.05) is 24.3 Å². The molecule has 0 aliphatic rings. The van der Waals surface area contributed by atoms with Crippen LogP contribution in [0.3, 0.4) is 0 Å². The molecule has 0 fully saturated rings. The molecule has 21 heavy (non-hydrogen) atoms. The Morgan fingerprint density at radius 1 is 1.05 bits per heavy atom. The largest absolute Gasteiger partial charge is 0.508 e. The van der Waals surface area contributed by atoms with Crippen LogP contribution >= 0.6 is 0 Å². The summed E-state index contributed by atoms with van der Waals surface area (Å²) in [4.78, 5) is 12.2. The predicted octanol–water partition coefficient (Wildman–Crippen LogP) is 4.25.